The Bertz CT molecular complexity index is 1470. The number of nitrogens with zero attached hydrogens (tertiary/aromatic N) is 1. The summed E-state index contributed by atoms with van der Waals surface area (Å²) in [7, 11) is 0. The molecule has 0 atom stereocenters. The summed E-state index contributed by atoms with van der Waals surface area (Å²) in [5, 5.41) is 0.0867. The number of allylic oxidation sites excluding steroid dienone is 2. The van der Waals surface area contributed by atoms with Crippen LogP contribution < -0.4 is 0 Å². The summed E-state index contributed by atoms with van der Waals surface area (Å²) in [4.78, 5) is 39.4. The van der Waals surface area contributed by atoms with E-state index in [1.807, 2.05) is 0 Å². The van der Waals surface area contributed by atoms with Crippen LogP contribution in [0.5, 0.6) is 0 Å². The Morgan fingerprint density at radius 1 is 0.921 bits per heavy atom. The first-order valence-corrected chi connectivity index (χ1v) is 12.4. The molecule has 0 N–H and O–H groups in total. The molecule has 1 heterocycles. The first kappa shape index (κ1) is 27.7. The van der Waals surface area contributed by atoms with E-state index in [9.17, 15) is 27.6 Å². The van der Waals surface area contributed by atoms with Gasteiger partial charge < -0.3 is 0 Å². The fourth-order valence-corrected chi connectivity index (χ4v) is 4.84. The first-order valence-electron chi connectivity index (χ1n) is 11.2. The second kappa shape index (κ2) is 10.1. The van der Waals surface area contributed by atoms with Crippen LogP contribution in [0.1, 0.15) is 61.6 Å². The molecule has 3 aromatic carbocycles. The molecule has 2 amide bonds. The molecule has 196 valence electrons. The van der Waals surface area contributed by atoms with Gasteiger partial charge in [-0.05, 0) is 73.0 Å². The molecule has 1 aliphatic heterocycles. The lowest BCUT2D eigenvalue weighted by Gasteiger charge is -2.21. The molecule has 1 aliphatic rings. The minimum absolute atomic E-state index is 0.0499. The average Bonchev–Trinajstić information content (AvgIpc) is 3.06. The second-order valence-electron chi connectivity index (χ2n) is 9.17. The van der Waals surface area contributed by atoms with Gasteiger partial charge in [-0.15, -0.1) is 0 Å². The van der Waals surface area contributed by atoms with Gasteiger partial charge in [0.2, 0.25) is 0 Å². The van der Waals surface area contributed by atoms with Crippen LogP contribution in [0.4, 0.5) is 17.6 Å². The number of halogens is 6. The molecule has 0 radical (unpaired) electrons. The number of ketones is 1. The van der Waals surface area contributed by atoms with Gasteiger partial charge in [-0.25, -0.2) is 4.39 Å². The monoisotopic (exact) mass is 607 g/mol. The van der Waals surface area contributed by atoms with E-state index in [1.165, 1.54) is 24.3 Å². The van der Waals surface area contributed by atoms with E-state index in [0.29, 0.717) is 5.56 Å². The third kappa shape index (κ3) is 5.59. The maximum absolute atomic E-state index is 15.1. The van der Waals surface area contributed by atoms with Crippen molar-refractivity contribution in [1.82, 2.24) is 4.90 Å². The van der Waals surface area contributed by atoms with Gasteiger partial charge in [-0.2, -0.15) is 13.2 Å². The van der Waals surface area contributed by atoms with Gasteiger partial charge in [0.1, 0.15) is 5.67 Å². The molecular formula is C28H19BrClF4NO3. The van der Waals surface area contributed by atoms with E-state index in [-0.39, 0.29) is 43.9 Å². The zero-order valence-electron chi connectivity index (χ0n) is 20.0. The maximum Gasteiger partial charge on any atom is 0.416 e. The van der Waals surface area contributed by atoms with Crippen molar-refractivity contribution >= 4 is 50.7 Å². The number of hydrogen-bond donors (Lipinski definition) is 0. The normalized spacial score (nSPS) is 14.2. The van der Waals surface area contributed by atoms with Crippen molar-refractivity contribution in [2.75, 3.05) is 0 Å². The lowest BCUT2D eigenvalue weighted by Crippen LogP contribution is -2.29. The predicted octanol–water partition coefficient (Wildman–Crippen LogP) is 7.93. The zero-order chi connectivity index (χ0) is 28.0. The molecule has 0 saturated heterocycles. The van der Waals surface area contributed by atoms with Crippen LogP contribution in [-0.4, -0.2) is 28.2 Å². The highest BCUT2D eigenvalue weighted by Crippen LogP contribution is 2.38. The largest absolute Gasteiger partial charge is 0.416 e. The fourth-order valence-electron chi connectivity index (χ4n) is 4.10. The molecule has 3 aromatic rings. The van der Waals surface area contributed by atoms with Crippen LogP contribution in [0.3, 0.4) is 0 Å². The molecule has 10 heteroatoms. The Balaban J connectivity index is 1.64. The zero-order valence-corrected chi connectivity index (χ0v) is 22.3. The molecule has 0 aliphatic carbocycles. The number of imide groups is 1. The van der Waals surface area contributed by atoms with Crippen LogP contribution in [-0.2, 0) is 12.7 Å². The molecule has 38 heavy (non-hydrogen) atoms. The predicted molar refractivity (Wildman–Crippen MR) is 139 cm³/mol. The van der Waals surface area contributed by atoms with Crippen molar-refractivity contribution in [1.29, 1.82) is 0 Å². The van der Waals surface area contributed by atoms with Gasteiger partial charge in [0.15, 0.2) is 5.78 Å². The van der Waals surface area contributed by atoms with E-state index >= 15 is 4.39 Å². The van der Waals surface area contributed by atoms with Crippen molar-refractivity contribution in [2.45, 2.75) is 32.2 Å². The Morgan fingerprint density at radius 3 is 2.05 bits per heavy atom. The number of carbonyl (C=O) groups is 3. The molecule has 0 unspecified atom stereocenters. The van der Waals surface area contributed by atoms with E-state index in [2.05, 4.69) is 15.9 Å². The van der Waals surface area contributed by atoms with E-state index in [1.54, 1.807) is 24.3 Å². The highest BCUT2D eigenvalue weighted by atomic mass is 79.9. The van der Waals surface area contributed by atoms with E-state index in [4.69, 9.17) is 11.6 Å². The highest BCUT2D eigenvalue weighted by molar-refractivity contribution is 9.10. The van der Waals surface area contributed by atoms with Gasteiger partial charge in [0.25, 0.3) is 11.8 Å². The van der Waals surface area contributed by atoms with Crippen LogP contribution >= 0.6 is 27.5 Å². The summed E-state index contributed by atoms with van der Waals surface area (Å²) < 4.78 is 55.2. The van der Waals surface area contributed by atoms with Gasteiger partial charge in [-0.3, -0.25) is 19.3 Å². The SMILES string of the molecule is CC(C)(F)C(=CC(=O)c1ccc(CN2C(=O)c3ccccc3C2=O)c(Cl)c1)c1cc(Br)cc(C(F)(F)F)c1. The molecular weight excluding hydrogens is 590 g/mol. The van der Waals surface area contributed by atoms with E-state index < -0.39 is 35.0 Å². The second-order valence-corrected chi connectivity index (χ2v) is 10.5. The van der Waals surface area contributed by atoms with Crippen LogP contribution in [0.2, 0.25) is 5.02 Å². The minimum Gasteiger partial charge on any atom is -0.289 e. The summed E-state index contributed by atoms with van der Waals surface area (Å²) in [5.74, 6) is -1.62. The van der Waals surface area contributed by atoms with Crippen molar-refractivity contribution in [2.24, 2.45) is 0 Å². The number of alkyl halides is 4. The Labute approximate surface area is 229 Å². The summed E-state index contributed by atoms with van der Waals surface area (Å²) in [5.41, 5.74) is -2.50. The van der Waals surface area contributed by atoms with Crippen LogP contribution in [0.15, 0.2) is 71.2 Å². The number of carbonyl (C=O) groups excluding carboxylic acids is 3. The molecule has 0 spiro atoms. The third-order valence-electron chi connectivity index (χ3n) is 6.00. The summed E-state index contributed by atoms with van der Waals surface area (Å²) >= 11 is 9.39. The topological polar surface area (TPSA) is 54.5 Å². The number of amides is 2. The van der Waals surface area contributed by atoms with Crippen molar-refractivity contribution in [3.63, 3.8) is 0 Å². The Kier molecular flexibility index (Phi) is 7.38. The standard InChI is InChI=1S/C28H19BrClF4NO3/c1-27(2,31)22(17-9-18(28(32,33)34)12-19(29)10-17)13-24(36)15-7-8-16(23(30)11-15)14-35-25(37)20-5-3-4-6-21(20)26(35)38/h3-13H,14H2,1-2H3. The number of fused-ring (bicyclic) bond motifs is 1. The quantitative estimate of drug-likeness (QED) is 0.124. The lowest BCUT2D eigenvalue weighted by molar-refractivity contribution is -0.137. The minimum atomic E-state index is -4.67. The van der Waals surface area contributed by atoms with Gasteiger partial charge in [-0.1, -0.05) is 51.8 Å². The molecule has 0 bridgehead atoms. The van der Waals surface area contributed by atoms with Gasteiger partial charge in [0, 0.05) is 15.1 Å². The Morgan fingerprint density at radius 2 is 1.53 bits per heavy atom. The number of rotatable bonds is 6. The lowest BCUT2D eigenvalue weighted by atomic mass is 9.89. The van der Waals surface area contributed by atoms with E-state index in [0.717, 1.165) is 37.0 Å². The van der Waals surface area contributed by atoms with Crippen molar-refractivity contribution in [3.05, 3.63) is 110 Å². The highest BCUT2D eigenvalue weighted by Gasteiger charge is 2.36. The average molecular weight is 609 g/mol. The Hall–Kier alpha value is -3.30. The van der Waals surface area contributed by atoms with Crippen LogP contribution in [0, 0.1) is 0 Å². The van der Waals surface area contributed by atoms with Gasteiger partial charge >= 0.3 is 6.18 Å². The summed E-state index contributed by atoms with van der Waals surface area (Å²) in [6.45, 7) is 2.15. The first-order chi connectivity index (χ1) is 17.7. The number of hydrogen-bond acceptors (Lipinski definition) is 3. The maximum atomic E-state index is 15.1. The number of benzene rings is 3. The van der Waals surface area contributed by atoms with Crippen molar-refractivity contribution in [3.8, 4) is 0 Å². The molecule has 4 rings (SSSR count). The fraction of sp³-hybridized carbons (Fsp3) is 0.179. The summed E-state index contributed by atoms with van der Waals surface area (Å²) in [6, 6.07) is 13.5. The summed E-state index contributed by atoms with van der Waals surface area (Å²) in [6.07, 6.45) is -3.73. The molecule has 0 aromatic heterocycles. The third-order valence-corrected chi connectivity index (χ3v) is 6.81. The molecule has 0 fully saturated rings. The molecule has 0 saturated carbocycles. The smallest absolute Gasteiger partial charge is 0.289 e. The van der Waals surface area contributed by atoms with Gasteiger partial charge in [0.05, 0.1) is 23.2 Å². The van der Waals surface area contributed by atoms with Crippen LogP contribution in [0.25, 0.3) is 5.57 Å². The molecule has 4 nitrogen and oxygen atoms in total. The van der Waals surface area contributed by atoms with Crippen molar-refractivity contribution < 1.29 is 31.9 Å².